The summed E-state index contributed by atoms with van der Waals surface area (Å²) >= 11 is 0. The van der Waals surface area contributed by atoms with Crippen LogP contribution in [0.5, 0.6) is 0 Å². The molecule has 0 aliphatic carbocycles. The minimum atomic E-state index is 0.163. The van der Waals surface area contributed by atoms with Gasteiger partial charge in [0, 0.05) is 18.2 Å². The second-order valence-corrected chi connectivity index (χ2v) is 4.92. The van der Waals surface area contributed by atoms with Crippen molar-refractivity contribution < 1.29 is 5.21 Å². The molecule has 0 spiro atoms. The van der Waals surface area contributed by atoms with E-state index in [0.717, 1.165) is 17.7 Å². The van der Waals surface area contributed by atoms with E-state index in [9.17, 15) is 0 Å². The number of oxime groups is 1. The van der Waals surface area contributed by atoms with E-state index in [0.29, 0.717) is 6.04 Å². The third-order valence-corrected chi connectivity index (χ3v) is 3.28. The SMILES string of the molecule is CCCCCC(C)NCc1ccccc1C(N)=NO. The van der Waals surface area contributed by atoms with E-state index in [-0.39, 0.29) is 5.84 Å². The van der Waals surface area contributed by atoms with Gasteiger partial charge in [0.25, 0.3) is 0 Å². The lowest BCUT2D eigenvalue weighted by atomic mass is 10.1. The van der Waals surface area contributed by atoms with Crippen LogP contribution in [-0.2, 0) is 6.54 Å². The average Bonchev–Trinajstić information content (AvgIpc) is 2.45. The third kappa shape index (κ3) is 5.30. The second kappa shape index (κ2) is 8.53. The normalized spacial score (nSPS) is 13.5. The number of unbranched alkanes of at least 4 members (excludes halogenated alkanes) is 2. The molecule has 0 saturated carbocycles. The summed E-state index contributed by atoms with van der Waals surface area (Å²) < 4.78 is 0. The zero-order valence-corrected chi connectivity index (χ0v) is 11.9. The molecule has 106 valence electrons. The molecule has 0 aromatic heterocycles. The minimum Gasteiger partial charge on any atom is -0.409 e. The summed E-state index contributed by atoms with van der Waals surface area (Å²) in [4.78, 5) is 0. The maximum absolute atomic E-state index is 8.78. The predicted molar refractivity (Wildman–Crippen MR) is 79.4 cm³/mol. The molecule has 4 N–H and O–H groups in total. The summed E-state index contributed by atoms with van der Waals surface area (Å²) in [5.41, 5.74) is 7.52. The van der Waals surface area contributed by atoms with Crippen molar-refractivity contribution in [2.45, 2.75) is 52.1 Å². The van der Waals surface area contributed by atoms with Crippen LogP contribution in [0.1, 0.15) is 50.7 Å². The van der Waals surface area contributed by atoms with Gasteiger partial charge in [-0.05, 0) is 18.9 Å². The Balaban J connectivity index is 2.53. The molecule has 19 heavy (non-hydrogen) atoms. The summed E-state index contributed by atoms with van der Waals surface area (Å²) in [5.74, 6) is 0.163. The standard InChI is InChI=1S/C15H25N3O/c1-3-4-5-8-12(2)17-11-13-9-6-7-10-14(13)15(16)18-19/h6-7,9-10,12,17,19H,3-5,8,11H2,1-2H3,(H2,16,18). The number of nitrogens with zero attached hydrogens (tertiary/aromatic N) is 1. The number of nitrogens with two attached hydrogens (primary N) is 1. The zero-order valence-electron chi connectivity index (χ0n) is 11.9. The molecule has 0 heterocycles. The van der Waals surface area contributed by atoms with Crippen LogP contribution in [-0.4, -0.2) is 17.1 Å². The van der Waals surface area contributed by atoms with E-state index in [1.54, 1.807) is 0 Å². The van der Waals surface area contributed by atoms with Crippen LogP contribution in [0.3, 0.4) is 0 Å². The van der Waals surface area contributed by atoms with E-state index < -0.39 is 0 Å². The summed E-state index contributed by atoms with van der Waals surface area (Å²) in [6, 6.07) is 8.20. The van der Waals surface area contributed by atoms with Gasteiger partial charge in [0.2, 0.25) is 0 Å². The molecule has 0 fully saturated rings. The number of hydrogen-bond donors (Lipinski definition) is 3. The van der Waals surface area contributed by atoms with Crippen LogP contribution in [0.15, 0.2) is 29.4 Å². The van der Waals surface area contributed by atoms with Crippen molar-refractivity contribution in [3.8, 4) is 0 Å². The maximum atomic E-state index is 8.78. The van der Waals surface area contributed by atoms with Gasteiger partial charge in [-0.15, -0.1) is 0 Å². The van der Waals surface area contributed by atoms with Gasteiger partial charge < -0.3 is 16.3 Å². The Morgan fingerprint density at radius 2 is 2.11 bits per heavy atom. The second-order valence-electron chi connectivity index (χ2n) is 4.92. The van der Waals surface area contributed by atoms with E-state index in [1.807, 2.05) is 24.3 Å². The summed E-state index contributed by atoms with van der Waals surface area (Å²) in [7, 11) is 0. The lowest BCUT2D eigenvalue weighted by Gasteiger charge is -2.15. The Morgan fingerprint density at radius 3 is 2.79 bits per heavy atom. The molecule has 4 heteroatoms. The molecular formula is C15H25N3O. The molecule has 0 saturated heterocycles. The van der Waals surface area contributed by atoms with Crippen LogP contribution in [0.2, 0.25) is 0 Å². The molecular weight excluding hydrogens is 238 g/mol. The Bertz CT molecular complexity index is 404. The van der Waals surface area contributed by atoms with Crippen LogP contribution < -0.4 is 11.1 Å². The Hall–Kier alpha value is -1.55. The first-order valence-electron chi connectivity index (χ1n) is 6.98. The molecule has 1 aromatic carbocycles. The largest absolute Gasteiger partial charge is 0.409 e. The topological polar surface area (TPSA) is 70.6 Å². The first-order chi connectivity index (χ1) is 9.19. The molecule has 1 atom stereocenters. The predicted octanol–water partition coefficient (Wildman–Crippen LogP) is 2.84. The fourth-order valence-corrected chi connectivity index (χ4v) is 2.06. The quantitative estimate of drug-likeness (QED) is 0.222. The highest BCUT2D eigenvalue weighted by molar-refractivity contribution is 5.98. The molecule has 1 rings (SSSR count). The van der Waals surface area contributed by atoms with Crippen molar-refractivity contribution >= 4 is 5.84 Å². The van der Waals surface area contributed by atoms with Gasteiger partial charge in [-0.2, -0.15) is 0 Å². The summed E-state index contributed by atoms with van der Waals surface area (Å²) in [6.45, 7) is 5.15. The fraction of sp³-hybridized carbons (Fsp3) is 0.533. The monoisotopic (exact) mass is 263 g/mol. The Labute approximate surface area is 115 Å². The number of nitrogens with one attached hydrogen (secondary N) is 1. The van der Waals surface area contributed by atoms with E-state index in [2.05, 4.69) is 24.3 Å². The third-order valence-electron chi connectivity index (χ3n) is 3.28. The number of amidine groups is 1. The van der Waals surface area contributed by atoms with E-state index >= 15 is 0 Å². The fourth-order valence-electron chi connectivity index (χ4n) is 2.06. The number of benzene rings is 1. The van der Waals surface area contributed by atoms with Crippen molar-refractivity contribution in [1.29, 1.82) is 0 Å². The van der Waals surface area contributed by atoms with Gasteiger partial charge in [-0.25, -0.2) is 0 Å². The highest BCUT2D eigenvalue weighted by Crippen LogP contribution is 2.10. The average molecular weight is 263 g/mol. The number of hydrogen-bond acceptors (Lipinski definition) is 3. The van der Waals surface area contributed by atoms with Crippen LogP contribution in [0.4, 0.5) is 0 Å². The van der Waals surface area contributed by atoms with Gasteiger partial charge in [-0.1, -0.05) is 55.6 Å². The highest BCUT2D eigenvalue weighted by atomic mass is 16.4. The first-order valence-corrected chi connectivity index (χ1v) is 6.98. The van der Waals surface area contributed by atoms with Gasteiger partial charge in [0.1, 0.15) is 0 Å². The number of rotatable bonds is 8. The molecule has 0 bridgehead atoms. The summed E-state index contributed by atoms with van der Waals surface area (Å²) in [5, 5.41) is 15.3. The molecule has 1 aromatic rings. The van der Waals surface area contributed by atoms with Crippen LogP contribution in [0.25, 0.3) is 0 Å². The minimum absolute atomic E-state index is 0.163. The highest BCUT2D eigenvalue weighted by Gasteiger charge is 2.07. The molecule has 4 nitrogen and oxygen atoms in total. The van der Waals surface area contributed by atoms with Gasteiger partial charge in [0.15, 0.2) is 5.84 Å². The molecule has 0 aliphatic heterocycles. The van der Waals surface area contributed by atoms with Crippen molar-refractivity contribution in [2.75, 3.05) is 0 Å². The van der Waals surface area contributed by atoms with Gasteiger partial charge in [-0.3, -0.25) is 0 Å². The van der Waals surface area contributed by atoms with Crippen molar-refractivity contribution in [1.82, 2.24) is 5.32 Å². The van der Waals surface area contributed by atoms with Gasteiger partial charge in [0.05, 0.1) is 0 Å². The van der Waals surface area contributed by atoms with Crippen LogP contribution >= 0.6 is 0 Å². The van der Waals surface area contributed by atoms with Crippen LogP contribution in [0, 0.1) is 0 Å². The lowest BCUT2D eigenvalue weighted by Crippen LogP contribution is -2.27. The summed E-state index contributed by atoms with van der Waals surface area (Å²) in [6.07, 6.45) is 4.97. The van der Waals surface area contributed by atoms with E-state index in [1.165, 1.54) is 25.7 Å². The molecule has 0 aliphatic rings. The van der Waals surface area contributed by atoms with Crippen molar-refractivity contribution in [2.24, 2.45) is 10.9 Å². The van der Waals surface area contributed by atoms with Crippen molar-refractivity contribution in [3.63, 3.8) is 0 Å². The smallest absolute Gasteiger partial charge is 0.170 e. The zero-order chi connectivity index (χ0) is 14.1. The molecule has 0 amide bonds. The maximum Gasteiger partial charge on any atom is 0.170 e. The van der Waals surface area contributed by atoms with Crippen molar-refractivity contribution in [3.05, 3.63) is 35.4 Å². The van der Waals surface area contributed by atoms with E-state index in [4.69, 9.17) is 10.9 Å². The van der Waals surface area contributed by atoms with Gasteiger partial charge >= 0.3 is 0 Å². The first kappa shape index (κ1) is 15.5. The molecule has 0 radical (unpaired) electrons. The Kier molecular flexibility index (Phi) is 6.97. The lowest BCUT2D eigenvalue weighted by molar-refractivity contribution is 0.318. The molecule has 1 unspecified atom stereocenters. The Morgan fingerprint density at radius 1 is 1.37 bits per heavy atom.